The molecule has 3 heterocycles. The standard InChI is InChI=1S/C14H15N3O.C7H7N5.2C2H6.CH4.B/c1-9-2-3-11(14(15)18)6-13(9)17-7-12(16-8-17)10-4-5-10;8-6-3-1-2-5(11-6)7-9-4-10-12-7;2*1-2;;/h2-3,6-8,10H,4-5H2,1H3,(H2,15,18);1-4H,(H2,8,11)(H,9,10,12);2*1-2H3;1H4;. The van der Waals surface area contributed by atoms with E-state index in [0.717, 1.165) is 16.9 Å². The summed E-state index contributed by atoms with van der Waals surface area (Å²) in [5.74, 6) is 1.33. The van der Waals surface area contributed by atoms with Gasteiger partial charge in [-0.15, -0.1) is 0 Å². The first kappa shape index (κ1) is 32.1. The van der Waals surface area contributed by atoms with E-state index in [4.69, 9.17) is 11.5 Å². The first-order chi connectivity index (χ1) is 16.5. The fourth-order valence-electron chi connectivity index (χ4n) is 3.01. The van der Waals surface area contributed by atoms with E-state index in [1.165, 1.54) is 19.2 Å². The molecule has 3 radical (unpaired) electrons. The number of hydrogen-bond donors (Lipinski definition) is 3. The third-order valence-corrected chi connectivity index (χ3v) is 4.80. The van der Waals surface area contributed by atoms with Gasteiger partial charge in [-0.05, 0) is 49.6 Å². The molecule has 5 N–H and O–H groups in total. The van der Waals surface area contributed by atoms with Gasteiger partial charge in [0.2, 0.25) is 5.91 Å². The van der Waals surface area contributed by atoms with Gasteiger partial charge in [0.05, 0.1) is 17.7 Å². The number of benzene rings is 1. The van der Waals surface area contributed by atoms with Crippen LogP contribution in [0.4, 0.5) is 5.82 Å². The number of carbonyl (C=O) groups is 1. The number of hydrogen-bond acceptors (Lipinski definition) is 6. The summed E-state index contributed by atoms with van der Waals surface area (Å²) in [6.45, 7) is 10.0. The first-order valence-corrected chi connectivity index (χ1v) is 11.5. The Balaban J connectivity index is 0.000000599. The third kappa shape index (κ3) is 8.68. The van der Waals surface area contributed by atoms with Crippen molar-refractivity contribution in [2.45, 2.75) is 60.8 Å². The van der Waals surface area contributed by atoms with E-state index in [2.05, 4.69) is 25.1 Å². The van der Waals surface area contributed by atoms with Crippen molar-refractivity contribution in [3.8, 4) is 17.2 Å². The molecule has 1 saturated carbocycles. The highest BCUT2D eigenvalue weighted by molar-refractivity contribution is 5.93. The maximum absolute atomic E-state index is 11.2. The number of pyridine rings is 1. The highest BCUT2D eigenvalue weighted by atomic mass is 16.1. The Hall–Kier alpha value is -3.95. The summed E-state index contributed by atoms with van der Waals surface area (Å²) >= 11 is 0. The molecule has 1 aliphatic carbocycles. The van der Waals surface area contributed by atoms with Gasteiger partial charge >= 0.3 is 0 Å². The van der Waals surface area contributed by atoms with Crippen molar-refractivity contribution in [1.82, 2.24) is 29.7 Å². The van der Waals surface area contributed by atoms with Gasteiger partial charge in [0.25, 0.3) is 0 Å². The molecule has 0 bridgehead atoms. The molecular weight excluding hydrogens is 451 g/mol. The van der Waals surface area contributed by atoms with Crippen molar-refractivity contribution in [1.29, 1.82) is 0 Å². The SMILES string of the molecule is C.CC.CC.Cc1ccc(C(N)=O)cc1-n1cnc(C2CC2)c1.Nc1cccc(-c2ncn[nH]2)n1.[B]. The van der Waals surface area contributed by atoms with Crippen LogP contribution in [0.2, 0.25) is 0 Å². The lowest BCUT2D eigenvalue weighted by atomic mass is 10.1. The molecule has 36 heavy (non-hydrogen) atoms. The molecule has 5 rings (SSSR count). The Morgan fingerprint density at radius 2 is 1.78 bits per heavy atom. The molecular formula is C26H38BN8O. The Kier molecular flexibility index (Phi) is 14.1. The van der Waals surface area contributed by atoms with Crippen molar-refractivity contribution in [2.24, 2.45) is 5.73 Å². The van der Waals surface area contributed by atoms with Crippen LogP contribution in [-0.4, -0.2) is 44.0 Å². The molecule has 191 valence electrons. The lowest BCUT2D eigenvalue weighted by Gasteiger charge is -2.07. The number of aryl methyl sites for hydroxylation is 1. The fraction of sp³-hybridized carbons (Fsp3) is 0.346. The number of nitrogens with zero attached hydrogens (tertiary/aromatic N) is 5. The van der Waals surface area contributed by atoms with Crippen LogP contribution < -0.4 is 11.5 Å². The quantitative estimate of drug-likeness (QED) is 0.348. The molecule has 1 aromatic carbocycles. The van der Waals surface area contributed by atoms with Crippen LogP contribution >= 0.6 is 0 Å². The number of carbonyl (C=O) groups excluding carboxylic acids is 1. The number of nitrogens with two attached hydrogens (primary N) is 2. The second-order valence-electron chi connectivity index (χ2n) is 7.13. The van der Waals surface area contributed by atoms with E-state index in [-0.39, 0.29) is 15.8 Å². The smallest absolute Gasteiger partial charge is 0.248 e. The van der Waals surface area contributed by atoms with Crippen LogP contribution in [0.25, 0.3) is 17.2 Å². The van der Waals surface area contributed by atoms with Crippen LogP contribution in [-0.2, 0) is 0 Å². The number of anilines is 1. The zero-order chi connectivity index (χ0) is 25.1. The van der Waals surface area contributed by atoms with E-state index < -0.39 is 5.91 Å². The minimum Gasteiger partial charge on any atom is -0.384 e. The highest BCUT2D eigenvalue weighted by Gasteiger charge is 2.25. The van der Waals surface area contributed by atoms with E-state index >= 15 is 0 Å². The van der Waals surface area contributed by atoms with E-state index in [9.17, 15) is 4.79 Å². The lowest BCUT2D eigenvalue weighted by Crippen LogP contribution is -2.11. The van der Waals surface area contributed by atoms with Gasteiger partial charge in [0, 0.05) is 26.1 Å². The number of nitrogen functional groups attached to an aromatic ring is 1. The molecule has 1 aliphatic rings. The maximum Gasteiger partial charge on any atom is 0.248 e. The lowest BCUT2D eigenvalue weighted by molar-refractivity contribution is 0.1000. The predicted octanol–water partition coefficient (Wildman–Crippen LogP) is 4.91. The van der Waals surface area contributed by atoms with Gasteiger partial charge in [0.15, 0.2) is 5.82 Å². The molecule has 0 atom stereocenters. The molecule has 1 amide bonds. The summed E-state index contributed by atoms with van der Waals surface area (Å²) in [5, 5.41) is 6.41. The number of primary amides is 1. The normalized spacial score (nSPS) is 11.0. The first-order valence-electron chi connectivity index (χ1n) is 11.5. The maximum atomic E-state index is 11.2. The molecule has 9 nitrogen and oxygen atoms in total. The van der Waals surface area contributed by atoms with Crippen LogP contribution in [0.15, 0.2) is 55.2 Å². The summed E-state index contributed by atoms with van der Waals surface area (Å²) in [6.07, 6.45) is 7.75. The number of H-pyrrole nitrogens is 1. The minimum atomic E-state index is -0.404. The second-order valence-corrected chi connectivity index (χ2v) is 7.13. The molecule has 0 saturated heterocycles. The van der Waals surface area contributed by atoms with Gasteiger partial charge in [-0.3, -0.25) is 9.89 Å². The zero-order valence-electron chi connectivity index (χ0n) is 21.1. The summed E-state index contributed by atoms with van der Waals surface area (Å²) in [4.78, 5) is 23.6. The zero-order valence-corrected chi connectivity index (χ0v) is 21.1. The molecule has 0 aliphatic heterocycles. The van der Waals surface area contributed by atoms with Crippen molar-refractivity contribution >= 4 is 20.1 Å². The molecule has 1 fully saturated rings. The van der Waals surface area contributed by atoms with E-state index in [1.807, 2.05) is 69.6 Å². The Bertz CT molecular complexity index is 1170. The number of nitrogens with one attached hydrogen (secondary N) is 1. The third-order valence-electron chi connectivity index (χ3n) is 4.80. The van der Waals surface area contributed by atoms with Crippen LogP contribution in [0.5, 0.6) is 0 Å². The summed E-state index contributed by atoms with van der Waals surface area (Å²) in [5.41, 5.74) is 15.2. The predicted molar refractivity (Wildman–Crippen MR) is 148 cm³/mol. The van der Waals surface area contributed by atoms with Crippen molar-refractivity contribution < 1.29 is 4.79 Å². The number of rotatable bonds is 4. The van der Waals surface area contributed by atoms with Crippen molar-refractivity contribution in [2.75, 3.05) is 5.73 Å². The van der Waals surface area contributed by atoms with Crippen LogP contribution in [0.3, 0.4) is 0 Å². The minimum absolute atomic E-state index is 0. The average molecular weight is 489 g/mol. The number of amides is 1. The Morgan fingerprint density at radius 3 is 2.33 bits per heavy atom. The Morgan fingerprint density at radius 1 is 1.08 bits per heavy atom. The van der Waals surface area contributed by atoms with Gasteiger partial charge < -0.3 is 16.0 Å². The van der Waals surface area contributed by atoms with Gasteiger partial charge in [-0.2, -0.15) is 5.10 Å². The second kappa shape index (κ2) is 15.9. The number of aromatic amines is 1. The van der Waals surface area contributed by atoms with E-state index in [1.54, 1.807) is 18.5 Å². The molecule has 0 unspecified atom stereocenters. The largest absolute Gasteiger partial charge is 0.384 e. The van der Waals surface area contributed by atoms with Crippen molar-refractivity contribution in [3.63, 3.8) is 0 Å². The molecule has 3 aromatic heterocycles. The summed E-state index contributed by atoms with van der Waals surface area (Å²) in [6, 6.07) is 10.8. The van der Waals surface area contributed by atoms with Crippen molar-refractivity contribution in [3.05, 3.63) is 72.1 Å². The number of aromatic nitrogens is 6. The Labute approximate surface area is 216 Å². The highest BCUT2D eigenvalue weighted by Crippen LogP contribution is 2.39. The van der Waals surface area contributed by atoms with Gasteiger partial charge in [-0.1, -0.05) is 47.3 Å². The average Bonchev–Trinajstić information content (AvgIpc) is 3.35. The summed E-state index contributed by atoms with van der Waals surface area (Å²) < 4.78 is 1.97. The topological polar surface area (TPSA) is 141 Å². The monoisotopic (exact) mass is 489 g/mol. The molecule has 4 aromatic rings. The van der Waals surface area contributed by atoms with Gasteiger partial charge in [0.1, 0.15) is 17.8 Å². The molecule has 10 heteroatoms. The van der Waals surface area contributed by atoms with E-state index in [0.29, 0.717) is 28.8 Å². The number of imidazole rings is 1. The van der Waals surface area contributed by atoms with Gasteiger partial charge in [-0.25, -0.2) is 15.0 Å². The van der Waals surface area contributed by atoms with Crippen LogP contribution in [0, 0.1) is 6.92 Å². The fourth-order valence-corrected chi connectivity index (χ4v) is 3.01. The van der Waals surface area contributed by atoms with Crippen LogP contribution in [0.1, 0.15) is 75.5 Å². The molecule has 0 spiro atoms. The summed E-state index contributed by atoms with van der Waals surface area (Å²) in [7, 11) is 0.